The van der Waals surface area contributed by atoms with E-state index in [1.807, 2.05) is 0 Å². The predicted molar refractivity (Wildman–Crippen MR) is 90.8 cm³/mol. The molecule has 0 fully saturated rings. The SMILES string of the molecule is COc1cc(NS(=O)(=O)c2c[nH]c3c2CCC(C(F)(F)F)C3)c(F)cc1C#N. The topological polar surface area (TPSA) is 95.0 Å². The third kappa shape index (κ3) is 3.64. The number of nitrogens with one attached hydrogen (secondary N) is 2. The van der Waals surface area contributed by atoms with E-state index < -0.39 is 33.6 Å². The molecule has 1 aromatic heterocycles. The molecule has 2 aromatic rings. The lowest BCUT2D eigenvalue weighted by Crippen LogP contribution is -2.29. The van der Waals surface area contributed by atoms with Gasteiger partial charge < -0.3 is 9.72 Å². The van der Waals surface area contributed by atoms with Crippen LogP contribution >= 0.6 is 0 Å². The summed E-state index contributed by atoms with van der Waals surface area (Å²) in [7, 11) is -3.03. The summed E-state index contributed by atoms with van der Waals surface area (Å²) >= 11 is 0. The van der Waals surface area contributed by atoms with E-state index in [2.05, 4.69) is 9.71 Å². The van der Waals surface area contributed by atoms with E-state index in [-0.39, 0.29) is 46.7 Å². The highest BCUT2D eigenvalue weighted by molar-refractivity contribution is 7.92. The van der Waals surface area contributed by atoms with Crippen LogP contribution in [-0.4, -0.2) is 26.7 Å². The van der Waals surface area contributed by atoms with Crippen molar-refractivity contribution in [3.05, 3.63) is 41.0 Å². The van der Waals surface area contributed by atoms with Crippen molar-refractivity contribution in [1.82, 2.24) is 4.98 Å². The zero-order valence-electron chi connectivity index (χ0n) is 14.5. The molecule has 1 heterocycles. The van der Waals surface area contributed by atoms with Crippen molar-refractivity contribution in [3.63, 3.8) is 0 Å². The fourth-order valence-corrected chi connectivity index (χ4v) is 4.53. The lowest BCUT2D eigenvalue weighted by Gasteiger charge is -2.25. The number of rotatable bonds is 4. The number of nitrogens with zero attached hydrogens (tertiary/aromatic N) is 1. The Morgan fingerprint density at radius 3 is 2.68 bits per heavy atom. The second kappa shape index (κ2) is 7.01. The maximum Gasteiger partial charge on any atom is 0.392 e. The van der Waals surface area contributed by atoms with Gasteiger partial charge in [-0.1, -0.05) is 0 Å². The van der Waals surface area contributed by atoms with Crippen LogP contribution in [0.1, 0.15) is 23.2 Å². The Morgan fingerprint density at radius 2 is 2.07 bits per heavy atom. The summed E-state index contributed by atoms with van der Waals surface area (Å²) < 4.78 is 85.3. The van der Waals surface area contributed by atoms with Crippen LogP contribution in [0.4, 0.5) is 23.2 Å². The number of aromatic amines is 1. The van der Waals surface area contributed by atoms with Crippen LogP contribution in [-0.2, 0) is 22.9 Å². The second-order valence-corrected chi connectivity index (χ2v) is 7.99. The largest absolute Gasteiger partial charge is 0.495 e. The maximum atomic E-state index is 14.2. The number of alkyl halides is 3. The Kier molecular flexibility index (Phi) is 5.01. The number of anilines is 1. The van der Waals surface area contributed by atoms with Gasteiger partial charge in [-0.15, -0.1) is 0 Å². The van der Waals surface area contributed by atoms with E-state index >= 15 is 0 Å². The van der Waals surface area contributed by atoms with Crippen LogP contribution in [0.15, 0.2) is 23.2 Å². The summed E-state index contributed by atoms with van der Waals surface area (Å²) in [6, 6.07) is 3.59. The maximum absolute atomic E-state index is 14.2. The van der Waals surface area contributed by atoms with Gasteiger partial charge in [-0.3, -0.25) is 4.72 Å². The molecule has 1 unspecified atom stereocenters. The van der Waals surface area contributed by atoms with Gasteiger partial charge in [-0.2, -0.15) is 18.4 Å². The molecule has 0 saturated carbocycles. The number of hydrogen-bond acceptors (Lipinski definition) is 4. The van der Waals surface area contributed by atoms with Gasteiger partial charge in [0.15, 0.2) is 0 Å². The van der Waals surface area contributed by atoms with Crippen molar-refractivity contribution in [2.45, 2.75) is 30.3 Å². The lowest BCUT2D eigenvalue weighted by molar-refractivity contribution is -0.177. The van der Waals surface area contributed by atoms with Crippen LogP contribution in [0.2, 0.25) is 0 Å². The molecule has 1 aliphatic rings. The van der Waals surface area contributed by atoms with Gasteiger partial charge in [0.1, 0.15) is 22.5 Å². The van der Waals surface area contributed by atoms with E-state index in [0.717, 1.165) is 18.3 Å². The molecule has 28 heavy (non-hydrogen) atoms. The van der Waals surface area contributed by atoms with E-state index in [9.17, 15) is 26.0 Å². The van der Waals surface area contributed by atoms with Crippen LogP contribution in [0.25, 0.3) is 0 Å². The van der Waals surface area contributed by atoms with Gasteiger partial charge in [-0.25, -0.2) is 12.8 Å². The summed E-state index contributed by atoms with van der Waals surface area (Å²) in [5.41, 5.74) is -0.0872. The summed E-state index contributed by atoms with van der Waals surface area (Å²) in [4.78, 5) is 2.36. The number of H-pyrrole nitrogens is 1. The molecule has 0 saturated heterocycles. The van der Waals surface area contributed by atoms with E-state index in [4.69, 9.17) is 10.00 Å². The number of ether oxygens (including phenoxy) is 1. The number of hydrogen-bond donors (Lipinski definition) is 2. The molecule has 0 aliphatic heterocycles. The first-order valence-electron chi connectivity index (χ1n) is 8.13. The Morgan fingerprint density at radius 1 is 1.36 bits per heavy atom. The summed E-state index contributed by atoms with van der Waals surface area (Å²) in [5, 5.41) is 8.94. The molecule has 0 bridgehead atoms. The average molecular weight is 417 g/mol. The molecule has 150 valence electrons. The fraction of sp³-hybridized carbons (Fsp3) is 0.353. The van der Waals surface area contributed by atoms with Crippen LogP contribution < -0.4 is 9.46 Å². The number of nitriles is 1. The van der Waals surface area contributed by atoms with E-state index in [1.54, 1.807) is 6.07 Å². The number of halogens is 4. The highest BCUT2D eigenvalue weighted by atomic mass is 32.2. The molecule has 6 nitrogen and oxygen atoms in total. The summed E-state index contributed by atoms with van der Waals surface area (Å²) in [6.07, 6.45) is -3.89. The molecular formula is C17H15F4N3O3S. The minimum absolute atomic E-state index is 0.0225. The Labute approximate surface area is 158 Å². The molecule has 1 aliphatic carbocycles. The third-order valence-corrected chi connectivity index (χ3v) is 6.07. The average Bonchev–Trinajstić information content (AvgIpc) is 3.06. The molecule has 0 amide bonds. The van der Waals surface area contributed by atoms with Gasteiger partial charge in [0.25, 0.3) is 10.0 Å². The highest BCUT2D eigenvalue weighted by Gasteiger charge is 2.42. The molecule has 1 atom stereocenters. The molecular weight excluding hydrogens is 402 g/mol. The first kappa shape index (κ1) is 20.0. The number of methoxy groups -OCH3 is 1. The zero-order chi connectivity index (χ0) is 20.7. The van der Waals surface area contributed by atoms with Gasteiger partial charge in [0, 0.05) is 18.0 Å². The Hall–Kier alpha value is -2.74. The van der Waals surface area contributed by atoms with Crippen molar-refractivity contribution in [2.24, 2.45) is 5.92 Å². The van der Waals surface area contributed by atoms with Crippen LogP contribution in [0.5, 0.6) is 5.75 Å². The van der Waals surface area contributed by atoms with Crippen molar-refractivity contribution in [2.75, 3.05) is 11.8 Å². The van der Waals surface area contributed by atoms with E-state index in [1.165, 1.54) is 7.11 Å². The van der Waals surface area contributed by atoms with Crippen molar-refractivity contribution in [3.8, 4) is 11.8 Å². The third-order valence-electron chi connectivity index (χ3n) is 4.64. The number of benzene rings is 1. The number of aromatic nitrogens is 1. The molecule has 2 N–H and O–H groups in total. The summed E-state index contributed by atoms with van der Waals surface area (Å²) in [6.45, 7) is 0. The summed E-state index contributed by atoms with van der Waals surface area (Å²) in [5.74, 6) is -2.55. The Bertz CT molecular complexity index is 1050. The minimum atomic E-state index is -4.36. The molecule has 11 heteroatoms. The predicted octanol–water partition coefficient (Wildman–Crippen LogP) is 3.50. The zero-order valence-corrected chi connectivity index (χ0v) is 15.3. The quantitative estimate of drug-likeness (QED) is 0.745. The first-order valence-corrected chi connectivity index (χ1v) is 9.61. The molecule has 3 rings (SSSR count). The van der Waals surface area contributed by atoms with E-state index in [0.29, 0.717) is 0 Å². The number of sulfonamides is 1. The number of fused-ring (bicyclic) bond motifs is 1. The Balaban J connectivity index is 1.92. The van der Waals surface area contributed by atoms with Crippen molar-refractivity contribution in [1.29, 1.82) is 5.26 Å². The molecule has 1 aromatic carbocycles. The molecule has 0 radical (unpaired) electrons. The van der Waals surface area contributed by atoms with Gasteiger partial charge >= 0.3 is 6.18 Å². The lowest BCUT2D eigenvalue weighted by atomic mass is 9.87. The first-order chi connectivity index (χ1) is 13.1. The van der Waals surface area contributed by atoms with Gasteiger partial charge in [-0.05, 0) is 30.9 Å². The van der Waals surface area contributed by atoms with Gasteiger partial charge in [0.2, 0.25) is 0 Å². The van der Waals surface area contributed by atoms with Crippen molar-refractivity contribution >= 4 is 15.7 Å². The van der Waals surface area contributed by atoms with Gasteiger partial charge in [0.05, 0.1) is 24.3 Å². The standard InChI is InChI=1S/C17H15F4N3O3S/c1-27-15-6-14(12(18)4-9(15)7-22)24-28(25,26)16-8-23-13-5-10(17(19,20)21)2-3-11(13)16/h4,6,8,10,23-24H,2-3,5H2,1H3. The van der Waals surface area contributed by atoms with Crippen molar-refractivity contribution < 1.29 is 30.7 Å². The van der Waals surface area contributed by atoms with Crippen LogP contribution in [0.3, 0.4) is 0 Å². The normalized spacial score (nSPS) is 16.9. The highest BCUT2D eigenvalue weighted by Crippen LogP contribution is 2.39. The second-order valence-electron chi connectivity index (χ2n) is 6.34. The monoisotopic (exact) mass is 417 g/mol. The minimum Gasteiger partial charge on any atom is -0.495 e. The fourth-order valence-electron chi connectivity index (χ4n) is 3.21. The van der Waals surface area contributed by atoms with Crippen LogP contribution in [0, 0.1) is 23.1 Å². The smallest absolute Gasteiger partial charge is 0.392 e. The molecule has 0 spiro atoms.